The van der Waals surface area contributed by atoms with Gasteiger partial charge in [0.05, 0.1) is 17.1 Å². The van der Waals surface area contributed by atoms with E-state index >= 15 is 0 Å². The molecule has 2 saturated heterocycles. The van der Waals surface area contributed by atoms with Crippen LogP contribution in [0.3, 0.4) is 0 Å². The fourth-order valence-electron chi connectivity index (χ4n) is 2.92. The number of hydrogen-bond acceptors (Lipinski definition) is 4. The maximum Gasteiger partial charge on any atom is 0.150 e. The zero-order valence-corrected chi connectivity index (χ0v) is 12.3. The summed E-state index contributed by atoms with van der Waals surface area (Å²) in [5.41, 5.74) is -0.00231. The van der Waals surface area contributed by atoms with Crippen molar-refractivity contribution >= 4 is 9.84 Å². The van der Waals surface area contributed by atoms with E-state index in [9.17, 15) is 8.42 Å². The van der Waals surface area contributed by atoms with Gasteiger partial charge in [-0.05, 0) is 45.1 Å². The molecule has 4 nitrogen and oxygen atoms in total. The van der Waals surface area contributed by atoms with E-state index in [4.69, 9.17) is 4.74 Å². The Balaban J connectivity index is 1.77. The van der Waals surface area contributed by atoms with E-state index in [1.165, 1.54) is 0 Å². The van der Waals surface area contributed by atoms with Crippen molar-refractivity contribution in [3.8, 4) is 0 Å². The number of ether oxygens (including phenoxy) is 1. The third kappa shape index (κ3) is 3.68. The van der Waals surface area contributed by atoms with Crippen LogP contribution in [0.2, 0.25) is 0 Å². The zero-order chi connectivity index (χ0) is 13.2. The summed E-state index contributed by atoms with van der Waals surface area (Å²) in [6.45, 7) is 5.97. The van der Waals surface area contributed by atoms with Gasteiger partial charge in [0, 0.05) is 12.6 Å². The highest BCUT2D eigenvalue weighted by Gasteiger charge is 2.33. The van der Waals surface area contributed by atoms with Crippen molar-refractivity contribution in [3.63, 3.8) is 0 Å². The molecule has 0 aromatic carbocycles. The van der Waals surface area contributed by atoms with Crippen LogP contribution < -0.4 is 5.32 Å². The zero-order valence-electron chi connectivity index (χ0n) is 11.4. The predicted octanol–water partition coefficient (Wildman–Crippen LogP) is 1.36. The molecule has 0 amide bonds. The number of nitrogens with one attached hydrogen (secondary N) is 1. The van der Waals surface area contributed by atoms with Crippen LogP contribution in [-0.2, 0) is 14.6 Å². The summed E-state index contributed by atoms with van der Waals surface area (Å²) in [4.78, 5) is 0. The van der Waals surface area contributed by atoms with Gasteiger partial charge in [-0.2, -0.15) is 0 Å². The van der Waals surface area contributed by atoms with E-state index in [0.29, 0.717) is 23.5 Å². The smallest absolute Gasteiger partial charge is 0.150 e. The van der Waals surface area contributed by atoms with Crippen LogP contribution in [-0.4, -0.2) is 44.7 Å². The van der Waals surface area contributed by atoms with Crippen LogP contribution in [0.25, 0.3) is 0 Å². The molecular formula is C13H25NO3S. The van der Waals surface area contributed by atoms with Crippen LogP contribution >= 0.6 is 0 Å². The van der Waals surface area contributed by atoms with Crippen LogP contribution in [0.5, 0.6) is 0 Å². The molecular weight excluding hydrogens is 250 g/mol. The molecule has 0 spiro atoms. The lowest BCUT2D eigenvalue weighted by Crippen LogP contribution is -2.46. The second-order valence-corrected chi connectivity index (χ2v) is 8.25. The molecule has 5 heteroatoms. The van der Waals surface area contributed by atoms with E-state index in [-0.39, 0.29) is 5.60 Å². The second-order valence-electron chi connectivity index (χ2n) is 6.02. The van der Waals surface area contributed by atoms with Crippen LogP contribution in [0.1, 0.15) is 39.5 Å². The van der Waals surface area contributed by atoms with Gasteiger partial charge in [-0.1, -0.05) is 6.92 Å². The Morgan fingerprint density at radius 1 is 1.39 bits per heavy atom. The lowest BCUT2D eigenvalue weighted by molar-refractivity contribution is -0.0781. The molecule has 0 aromatic rings. The molecule has 0 aliphatic carbocycles. The third-order valence-electron chi connectivity index (χ3n) is 4.36. The van der Waals surface area contributed by atoms with Gasteiger partial charge in [0.15, 0.2) is 9.84 Å². The first-order chi connectivity index (χ1) is 8.42. The SMILES string of the molecule is CCC1(C)CC(NCC2CCS(=O)(=O)C2)CCO1. The molecule has 0 saturated carbocycles. The average molecular weight is 275 g/mol. The van der Waals surface area contributed by atoms with Crippen molar-refractivity contribution in [2.24, 2.45) is 5.92 Å². The Morgan fingerprint density at radius 2 is 2.17 bits per heavy atom. The van der Waals surface area contributed by atoms with Gasteiger partial charge in [0.2, 0.25) is 0 Å². The number of sulfone groups is 1. The lowest BCUT2D eigenvalue weighted by atomic mass is 9.89. The molecule has 0 radical (unpaired) electrons. The van der Waals surface area contributed by atoms with Gasteiger partial charge in [-0.3, -0.25) is 0 Å². The molecule has 3 unspecified atom stereocenters. The summed E-state index contributed by atoms with van der Waals surface area (Å²) in [5, 5.41) is 3.55. The summed E-state index contributed by atoms with van der Waals surface area (Å²) in [6.07, 6.45) is 3.92. The van der Waals surface area contributed by atoms with E-state index in [1.807, 2.05) is 0 Å². The Kier molecular flexibility index (Phi) is 4.34. The molecule has 2 aliphatic heterocycles. The minimum atomic E-state index is -2.74. The summed E-state index contributed by atoms with van der Waals surface area (Å²) >= 11 is 0. The molecule has 2 aliphatic rings. The highest BCUT2D eigenvalue weighted by molar-refractivity contribution is 7.91. The van der Waals surface area contributed by atoms with E-state index < -0.39 is 9.84 Å². The number of hydrogen-bond donors (Lipinski definition) is 1. The summed E-state index contributed by atoms with van der Waals surface area (Å²) < 4.78 is 28.6. The van der Waals surface area contributed by atoms with Crippen LogP contribution in [0.15, 0.2) is 0 Å². The predicted molar refractivity (Wildman–Crippen MR) is 72.4 cm³/mol. The minimum Gasteiger partial charge on any atom is -0.375 e. The molecule has 0 aromatic heterocycles. The minimum absolute atomic E-state index is 0.00231. The van der Waals surface area contributed by atoms with E-state index in [0.717, 1.165) is 38.8 Å². The summed E-state index contributed by atoms with van der Waals surface area (Å²) in [6, 6.07) is 0.479. The molecule has 0 bridgehead atoms. The largest absolute Gasteiger partial charge is 0.375 e. The monoisotopic (exact) mass is 275 g/mol. The first kappa shape index (κ1) is 14.3. The quantitative estimate of drug-likeness (QED) is 0.841. The standard InChI is InChI=1S/C13H25NO3S/c1-3-13(2)8-12(4-6-17-13)14-9-11-5-7-18(15,16)10-11/h11-12,14H,3-10H2,1-2H3. The Bertz CT molecular complexity index is 382. The Hall–Kier alpha value is -0.130. The first-order valence-electron chi connectivity index (χ1n) is 7.00. The lowest BCUT2D eigenvalue weighted by Gasteiger charge is -2.38. The van der Waals surface area contributed by atoms with Gasteiger partial charge in [-0.15, -0.1) is 0 Å². The van der Waals surface area contributed by atoms with E-state index in [1.54, 1.807) is 0 Å². The molecule has 2 rings (SSSR count). The van der Waals surface area contributed by atoms with Gasteiger partial charge in [0.25, 0.3) is 0 Å². The Morgan fingerprint density at radius 3 is 2.78 bits per heavy atom. The van der Waals surface area contributed by atoms with Crippen molar-refractivity contribution in [1.82, 2.24) is 5.32 Å². The number of rotatable bonds is 4. The highest BCUT2D eigenvalue weighted by Crippen LogP contribution is 2.28. The van der Waals surface area contributed by atoms with Crippen molar-refractivity contribution in [2.45, 2.75) is 51.2 Å². The fourth-order valence-corrected chi connectivity index (χ4v) is 4.78. The third-order valence-corrected chi connectivity index (χ3v) is 6.20. The fraction of sp³-hybridized carbons (Fsp3) is 1.00. The van der Waals surface area contributed by atoms with Gasteiger partial charge in [0.1, 0.15) is 0 Å². The van der Waals surface area contributed by atoms with Crippen molar-refractivity contribution in [3.05, 3.63) is 0 Å². The normalized spacial score (nSPS) is 39.9. The molecule has 18 heavy (non-hydrogen) atoms. The second kappa shape index (κ2) is 5.47. The Labute approximate surface area is 110 Å². The van der Waals surface area contributed by atoms with E-state index in [2.05, 4.69) is 19.2 Å². The molecule has 2 heterocycles. The van der Waals surface area contributed by atoms with Crippen molar-refractivity contribution in [1.29, 1.82) is 0 Å². The maximum absolute atomic E-state index is 11.4. The average Bonchev–Trinajstić information content (AvgIpc) is 2.67. The van der Waals surface area contributed by atoms with Crippen molar-refractivity contribution in [2.75, 3.05) is 24.7 Å². The highest BCUT2D eigenvalue weighted by atomic mass is 32.2. The van der Waals surface area contributed by atoms with Crippen LogP contribution in [0, 0.1) is 5.92 Å². The topological polar surface area (TPSA) is 55.4 Å². The summed E-state index contributed by atoms with van der Waals surface area (Å²) in [7, 11) is -2.74. The maximum atomic E-state index is 11.4. The molecule has 1 N–H and O–H groups in total. The molecule has 2 fully saturated rings. The van der Waals surface area contributed by atoms with Crippen molar-refractivity contribution < 1.29 is 13.2 Å². The van der Waals surface area contributed by atoms with Crippen LogP contribution in [0.4, 0.5) is 0 Å². The molecule has 3 atom stereocenters. The van der Waals surface area contributed by atoms with Gasteiger partial charge < -0.3 is 10.1 Å². The first-order valence-corrected chi connectivity index (χ1v) is 8.82. The van der Waals surface area contributed by atoms with Gasteiger partial charge >= 0.3 is 0 Å². The molecule has 106 valence electrons. The van der Waals surface area contributed by atoms with Gasteiger partial charge in [-0.25, -0.2) is 8.42 Å². The summed E-state index contributed by atoms with van der Waals surface area (Å²) in [5.74, 6) is 1.05.